The molecule has 1 N–H and O–H groups in total. The Bertz CT molecular complexity index is 516. The number of nitrogens with one attached hydrogen (secondary N) is 1. The number of ether oxygens (including phenoxy) is 2. The molecule has 0 amide bonds. The maximum absolute atomic E-state index is 5.57. The van der Waals surface area contributed by atoms with Gasteiger partial charge in [0.05, 0.1) is 6.61 Å². The molecule has 0 bridgehead atoms. The SMILES string of the molecule is CNc1nc(OC(C)COC)nc(-n2cccn2)n1. The van der Waals surface area contributed by atoms with Crippen molar-refractivity contribution in [3.05, 3.63) is 18.5 Å². The molecule has 0 fully saturated rings. The first-order valence-electron chi connectivity index (χ1n) is 5.82. The maximum Gasteiger partial charge on any atom is 0.323 e. The van der Waals surface area contributed by atoms with Crippen LogP contribution in [0.3, 0.4) is 0 Å². The Morgan fingerprint density at radius 2 is 2.21 bits per heavy atom. The molecule has 1 atom stereocenters. The van der Waals surface area contributed by atoms with Crippen molar-refractivity contribution in [1.82, 2.24) is 24.7 Å². The molecular weight excluding hydrogens is 248 g/mol. The summed E-state index contributed by atoms with van der Waals surface area (Å²) < 4.78 is 12.1. The van der Waals surface area contributed by atoms with Crippen LogP contribution in [-0.2, 0) is 4.74 Å². The van der Waals surface area contributed by atoms with Gasteiger partial charge in [0.1, 0.15) is 6.10 Å². The summed E-state index contributed by atoms with van der Waals surface area (Å²) in [4.78, 5) is 12.5. The van der Waals surface area contributed by atoms with E-state index in [2.05, 4.69) is 25.4 Å². The van der Waals surface area contributed by atoms with E-state index >= 15 is 0 Å². The molecule has 0 aliphatic rings. The molecule has 19 heavy (non-hydrogen) atoms. The van der Waals surface area contributed by atoms with Crippen molar-refractivity contribution >= 4 is 5.95 Å². The average molecular weight is 264 g/mol. The van der Waals surface area contributed by atoms with Gasteiger partial charge < -0.3 is 14.8 Å². The van der Waals surface area contributed by atoms with Gasteiger partial charge in [0.25, 0.3) is 5.95 Å². The van der Waals surface area contributed by atoms with Crippen LogP contribution in [0.4, 0.5) is 5.95 Å². The minimum absolute atomic E-state index is 0.150. The maximum atomic E-state index is 5.57. The molecule has 2 aromatic heterocycles. The van der Waals surface area contributed by atoms with Crippen molar-refractivity contribution in [1.29, 1.82) is 0 Å². The van der Waals surface area contributed by atoms with Crippen LogP contribution >= 0.6 is 0 Å². The lowest BCUT2D eigenvalue weighted by atomic mass is 10.4. The zero-order chi connectivity index (χ0) is 13.7. The van der Waals surface area contributed by atoms with Crippen LogP contribution in [0.2, 0.25) is 0 Å². The lowest BCUT2D eigenvalue weighted by Crippen LogP contribution is -2.20. The summed E-state index contributed by atoms with van der Waals surface area (Å²) in [6.45, 7) is 2.33. The van der Waals surface area contributed by atoms with Crippen LogP contribution in [0.1, 0.15) is 6.92 Å². The topological polar surface area (TPSA) is 87.0 Å². The van der Waals surface area contributed by atoms with Crippen LogP contribution in [0.5, 0.6) is 6.01 Å². The Kier molecular flexibility index (Phi) is 4.24. The van der Waals surface area contributed by atoms with Gasteiger partial charge in [0.2, 0.25) is 5.95 Å². The van der Waals surface area contributed by atoms with E-state index in [1.807, 2.05) is 6.92 Å². The third-order valence-corrected chi connectivity index (χ3v) is 2.24. The Balaban J connectivity index is 2.26. The minimum atomic E-state index is -0.150. The zero-order valence-corrected chi connectivity index (χ0v) is 11.1. The van der Waals surface area contributed by atoms with Crippen molar-refractivity contribution in [2.75, 3.05) is 26.1 Å². The molecular formula is C11H16N6O2. The molecule has 0 aromatic carbocycles. The Hall–Kier alpha value is -2.22. The number of anilines is 1. The third kappa shape index (κ3) is 3.38. The van der Waals surface area contributed by atoms with Gasteiger partial charge >= 0.3 is 6.01 Å². The number of rotatable bonds is 6. The molecule has 0 saturated carbocycles. The molecule has 102 valence electrons. The Morgan fingerprint density at radius 1 is 1.37 bits per heavy atom. The van der Waals surface area contributed by atoms with E-state index < -0.39 is 0 Å². The lowest BCUT2D eigenvalue weighted by molar-refractivity contribution is 0.0854. The molecule has 2 rings (SSSR count). The van der Waals surface area contributed by atoms with Gasteiger partial charge in [-0.3, -0.25) is 0 Å². The number of hydrogen-bond acceptors (Lipinski definition) is 7. The smallest absolute Gasteiger partial charge is 0.323 e. The monoisotopic (exact) mass is 264 g/mol. The van der Waals surface area contributed by atoms with Crippen molar-refractivity contribution in [3.63, 3.8) is 0 Å². The van der Waals surface area contributed by atoms with E-state index in [4.69, 9.17) is 9.47 Å². The third-order valence-electron chi connectivity index (χ3n) is 2.24. The largest absolute Gasteiger partial charge is 0.458 e. The predicted octanol–water partition coefficient (Wildman–Crippen LogP) is 0.513. The number of nitrogens with zero attached hydrogens (tertiary/aromatic N) is 5. The van der Waals surface area contributed by atoms with Gasteiger partial charge in [0, 0.05) is 26.6 Å². The fourth-order valence-electron chi connectivity index (χ4n) is 1.45. The van der Waals surface area contributed by atoms with Gasteiger partial charge in [-0.1, -0.05) is 0 Å². The zero-order valence-electron chi connectivity index (χ0n) is 11.1. The van der Waals surface area contributed by atoms with Crippen molar-refractivity contribution in [3.8, 4) is 12.0 Å². The second-order valence-electron chi connectivity index (χ2n) is 3.83. The normalized spacial score (nSPS) is 12.2. The highest BCUT2D eigenvalue weighted by Crippen LogP contribution is 2.11. The van der Waals surface area contributed by atoms with Gasteiger partial charge in [-0.05, 0) is 13.0 Å². The van der Waals surface area contributed by atoms with Gasteiger partial charge in [-0.2, -0.15) is 20.1 Å². The highest BCUT2D eigenvalue weighted by molar-refractivity contribution is 5.29. The fraction of sp³-hybridized carbons (Fsp3) is 0.455. The average Bonchev–Trinajstić information content (AvgIpc) is 2.92. The van der Waals surface area contributed by atoms with Crippen LogP contribution < -0.4 is 10.1 Å². The van der Waals surface area contributed by atoms with E-state index in [0.717, 1.165) is 0 Å². The van der Waals surface area contributed by atoms with Crippen LogP contribution in [0.15, 0.2) is 18.5 Å². The first-order chi connectivity index (χ1) is 9.22. The summed E-state index contributed by atoms with van der Waals surface area (Å²) >= 11 is 0. The van der Waals surface area contributed by atoms with Gasteiger partial charge in [-0.25, -0.2) is 4.68 Å². The van der Waals surface area contributed by atoms with Crippen molar-refractivity contribution < 1.29 is 9.47 Å². The molecule has 0 spiro atoms. The molecule has 1 unspecified atom stereocenters. The lowest BCUT2D eigenvalue weighted by Gasteiger charge is -2.13. The molecule has 8 nitrogen and oxygen atoms in total. The summed E-state index contributed by atoms with van der Waals surface area (Å²) in [5, 5.41) is 6.93. The second kappa shape index (κ2) is 6.10. The van der Waals surface area contributed by atoms with Crippen LogP contribution in [-0.4, -0.2) is 51.6 Å². The first kappa shape index (κ1) is 13.2. The molecule has 2 heterocycles. The second-order valence-corrected chi connectivity index (χ2v) is 3.83. The predicted molar refractivity (Wildman–Crippen MR) is 68.5 cm³/mol. The summed E-state index contributed by atoms with van der Waals surface area (Å²) in [7, 11) is 3.34. The quantitative estimate of drug-likeness (QED) is 0.813. The number of hydrogen-bond donors (Lipinski definition) is 1. The highest BCUT2D eigenvalue weighted by atomic mass is 16.5. The van der Waals surface area contributed by atoms with Gasteiger partial charge in [-0.15, -0.1) is 0 Å². The van der Waals surface area contributed by atoms with Crippen molar-refractivity contribution in [2.45, 2.75) is 13.0 Å². The number of aromatic nitrogens is 5. The van der Waals surface area contributed by atoms with Crippen LogP contribution in [0.25, 0.3) is 5.95 Å². The van der Waals surface area contributed by atoms with E-state index in [-0.39, 0.29) is 12.1 Å². The molecule has 8 heteroatoms. The van der Waals surface area contributed by atoms with Crippen LogP contribution in [0, 0.1) is 0 Å². The van der Waals surface area contributed by atoms with Gasteiger partial charge in [0.15, 0.2) is 0 Å². The standard InChI is InChI=1S/C11H16N6O2/c1-8(7-18-3)19-11-15-9(12-2)14-10(16-11)17-6-4-5-13-17/h4-6,8H,7H2,1-3H3,(H,12,14,15,16). The summed E-state index contributed by atoms with van der Waals surface area (Å²) in [5.41, 5.74) is 0. The highest BCUT2D eigenvalue weighted by Gasteiger charge is 2.11. The van der Waals surface area contributed by atoms with E-state index in [1.54, 1.807) is 32.6 Å². The molecule has 0 radical (unpaired) electrons. The molecule has 0 aliphatic carbocycles. The summed E-state index contributed by atoms with van der Waals surface area (Å²) in [5.74, 6) is 0.809. The Labute approximate surface area is 110 Å². The molecule has 0 saturated heterocycles. The number of methoxy groups -OCH3 is 1. The summed E-state index contributed by atoms with van der Waals surface area (Å²) in [6, 6.07) is 2.02. The summed E-state index contributed by atoms with van der Waals surface area (Å²) in [6.07, 6.45) is 3.25. The van der Waals surface area contributed by atoms with Crippen molar-refractivity contribution in [2.24, 2.45) is 0 Å². The molecule has 2 aromatic rings. The van der Waals surface area contributed by atoms with E-state index in [9.17, 15) is 0 Å². The van der Waals surface area contributed by atoms with E-state index in [1.165, 1.54) is 4.68 Å². The fourth-order valence-corrected chi connectivity index (χ4v) is 1.45. The van der Waals surface area contributed by atoms with E-state index in [0.29, 0.717) is 18.5 Å². The molecule has 0 aliphatic heterocycles. The first-order valence-corrected chi connectivity index (χ1v) is 5.82. The Morgan fingerprint density at radius 3 is 2.84 bits per heavy atom. The minimum Gasteiger partial charge on any atom is -0.458 e.